The predicted octanol–water partition coefficient (Wildman–Crippen LogP) is 0.910. The first-order valence-electron chi connectivity index (χ1n) is 7.32. The number of nitrogens with one attached hydrogen (secondary N) is 1. The molecule has 1 aliphatic heterocycles. The summed E-state index contributed by atoms with van der Waals surface area (Å²) in [6.07, 6.45) is 3.63. The fourth-order valence-corrected chi connectivity index (χ4v) is 3.37. The summed E-state index contributed by atoms with van der Waals surface area (Å²) in [5.41, 5.74) is 0. The Kier molecular flexibility index (Phi) is 5.18. The molecule has 0 bridgehead atoms. The van der Waals surface area contributed by atoms with E-state index in [0.29, 0.717) is 6.04 Å². The Hall–Kier alpha value is -1.18. The van der Waals surface area contributed by atoms with Gasteiger partial charge in [-0.1, -0.05) is 6.92 Å². The van der Waals surface area contributed by atoms with Gasteiger partial charge < -0.3 is 10.2 Å². The zero-order valence-corrected chi connectivity index (χ0v) is 13.7. The van der Waals surface area contributed by atoms with Crippen molar-refractivity contribution >= 4 is 15.8 Å². The minimum Gasteiger partial charge on any atom is -0.357 e. The zero-order chi connectivity index (χ0) is 15.5. The molecule has 0 atom stereocenters. The Labute approximate surface area is 127 Å². The van der Waals surface area contributed by atoms with E-state index in [1.165, 1.54) is 24.6 Å². The minimum atomic E-state index is -3.40. The van der Waals surface area contributed by atoms with Crippen LogP contribution in [0.3, 0.4) is 0 Å². The highest BCUT2D eigenvalue weighted by atomic mass is 32.2. The summed E-state index contributed by atoms with van der Waals surface area (Å²) in [4.78, 5) is 6.76. The molecule has 1 aromatic heterocycles. The average Bonchev–Trinajstić information content (AvgIpc) is 2.48. The second-order valence-corrected chi connectivity index (χ2v) is 7.61. The van der Waals surface area contributed by atoms with Crippen LogP contribution in [-0.2, 0) is 10.0 Å². The molecule has 2 heterocycles. The van der Waals surface area contributed by atoms with Crippen molar-refractivity contribution in [3.63, 3.8) is 0 Å². The van der Waals surface area contributed by atoms with Crippen LogP contribution in [-0.4, -0.2) is 57.5 Å². The number of hydrogen-bond donors (Lipinski definition) is 1. The first kappa shape index (κ1) is 16.2. The lowest BCUT2D eigenvalue weighted by Gasteiger charge is -2.33. The van der Waals surface area contributed by atoms with Gasteiger partial charge in [-0.2, -0.15) is 0 Å². The molecule has 1 aromatic rings. The highest BCUT2D eigenvalue weighted by molar-refractivity contribution is 7.89. The smallest absolute Gasteiger partial charge is 0.244 e. The van der Waals surface area contributed by atoms with Gasteiger partial charge in [-0.3, -0.25) is 0 Å². The van der Waals surface area contributed by atoms with E-state index in [1.54, 1.807) is 12.1 Å². The van der Waals surface area contributed by atoms with Crippen molar-refractivity contribution in [3.8, 4) is 0 Å². The van der Waals surface area contributed by atoms with Crippen LogP contribution in [0.2, 0.25) is 0 Å². The van der Waals surface area contributed by atoms with Gasteiger partial charge in [-0.25, -0.2) is 17.7 Å². The van der Waals surface area contributed by atoms with Crippen LogP contribution >= 0.6 is 0 Å². The van der Waals surface area contributed by atoms with E-state index < -0.39 is 10.0 Å². The van der Waals surface area contributed by atoms with Gasteiger partial charge in [-0.15, -0.1) is 0 Å². The van der Waals surface area contributed by atoms with Crippen LogP contribution in [0.4, 0.5) is 5.82 Å². The van der Waals surface area contributed by atoms with E-state index in [4.69, 9.17) is 0 Å². The van der Waals surface area contributed by atoms with Gasteiger partial charge in [-0.05, 0) is 31.5 Å². The van der Waals surface area contributed by atoms with Crippen LogP contribution in [0.1, 0.15) is 19.8 Å². The van der Waals surface area contributed by atoms with Crippen LogP contribution in [0.25, 0.3) is 0 Å². The van der Waals surface area contributed by atoms with Gasteiger partial charge in [0.1, 0.15) is 10.7 Å². The van der Waals surface area contributed by atoms with Gasteiger partial charge in [0.25, 0.3) is 0 Å². The summed E-state index contributed by atoms with van der Waals surface area (Å²) in [5, 5.41) is 3.47. The molecule has 118 valence electrons. The predicted molar refractivity (Wildman–Crippen MR) is 84.0 cm³/mol. The normalized spacial score (nSPS) is 17.4. The molecule has 1 N–H and O–H groups in total. The van der Waals surface area contributed by atoms with E-state index >= 15 is 0 Å². The number of piperidine rings is 1. The molecule has 0 aromatic carbocycles. The van der Waals surface area contributed by atoms with E-state index in [2.05, 4.69) is 22.1 Å². The zero-order valence-electron chi connectivity index (χ0n) is 12.9. The van der Waals surface area contributed by atoms with E-state index in [9.17, 15) is 8.42 Å². The number of hydrogen-bond acceptors (Lipinski definition) is 5. The maximum Gasteiger partial charge on any atom is 0.244 e. The van der Waals surface area contributed by atoms with E-state index in [1.807, 2.05) is 0 Å². The number of pyridine rings is 1. The lowest BCUT2D eigenvalue weighted by Crippen LogP contribution is -2.42. The van der Waals surface area contributed by atoms with Gasteiger partial charge in [0.2, 0.25) is 10.0 Å². The summed E-state index contributed by atoms with van der Waals surface area (Å²) in [7, 11) is -0.353. The van der Waals surface area contributed by atoms with E-state index in [0.717, 1.165) is 38.3 Å². The topological polar surface area (TPSA) is 65.5 Å². The molecular weight excluding hydrogens is 288 g/mol. The van der Waals surface area contributed by atoms with Gasteiger partial charge >= 0.3 is 0 Å². The van der Waals surface area contributed by atoms with Crippen LogP contribution < -0.4 is 10.2 Å². The molecule has 0 unspecified atom stereocenters. The number of anilines is 1. The van der Waals surface area contributed by atoms with Crippen molar-refractivity contribution < 1.29 is 8.42 Å². The summed E-state index contributed by atoms with van der Waals surface area (Å²) < 4.78 is 25.2. The third-order valence-corrected chi connectivity index (χ3v) is 5.61. The van der Waals surface area contributed by atoms with Crippen molar-refractivity contribution in [1.82, 2.24) is 14.6 Å². The standard InChI is InChI=1S/C14H24N4O2S/c1-4-15-12-7-9-18(10-8-12)14-6-5-13(11-16-14)21(19,20)17(2)3/h5-6,11-12,15H,4,7-10H2,1-3H3. The molecule has 1 saturated heterocycles. The molecule has 2 rings (SSSR count). The SMILES string of the molecule is CCNC1CCN(c2ccc(S(=O)(=O)N(C)C)cn2)CC1. The Balaban J connectivity index is 2.04. The fourth-order valence-electron chi connectivity index (χ4n) is 2.52. The number of nitrogens with zero attached hydrogens (tertiary/aromatic N) is 3. The first-order valence-corrected chi connectivity index (χ1v) is 8.76. The first-order chi connectivity index (χ1) is 9.95. The maximum atomic E-state index is 12.0. The molecule has 1 fully saturated rings. The highest BCUT2D eigenvalue weighted by Crippen LogP contribution is 2.20. The lowest BCUT2D eigenvalue weighted by molar-refractivity contribution is 0.422. The molecule has 0 amide bonds. The summed E-state index contributed by atoms with van der Waals surface area (Å²) in [6, 6.07) is 4.01. The van der Waals surface area contributed by atoms with Gasteiger partial charge in [0, 0.05) is 39.4 Å². The third kappa shape index (κ3) is 3.72. The summed E-state index contributed by atoms with van der Waals surface area (Å²) >= 11 is 0. The average molecular weight is 312 g/mol. The summed E-state index contributed by atoms with van der Waals surface area (Å²) in [5.74, 6) is 0.850. The van der Waals surface area contributed by atoms with E-state index in [-0.39, 0.29) is 4.90 Å². The minimum absolute atomic E-state index is 0.235. The van der Waals surface area contributed by atoms with Gasteiger partial charge in [0.05, 0.1) is 0 Å². The lowest BCUT2D eigenvalue weighted by atomic mass is 10.1. The second kappa shape index (κ2) is 6.72. The Morgan fingerprint density at radius 1 is 1.33 bits per heavy atom. The van der Waals surface area contributed by atoms with Crippen LogP contribution in [0.5, 0.6) is 0 Å². The second-order valence-electron chi connectivity index (χ2n) is 5.46. The monoisotopic (exact) mass is 312 g/mol. The van der Waals surface area contributed by atoms with Crippen molar-refractivity contribution in [2.75, 3.05) is 38.6 Å². The van der Waals surface area contributed by atoms with Crippen LogP contribution in [0, 0.1) is 0 Å². The van der Waals surface area contributed by atoms with Crippen molar-refractivity contribution in [3.05, 3.63) is 18.3 Å². The number of sulfonamides is 1. The van der Waals surface area contributed by atoms with Crippen molar-refractivity contribution in [2.24, 2.45) is 0 Å². The molecular formula is C14H24N4O2S. The fraction of sp³-hybridized carbons (Fsp3) is 0.643. The number of rotatable bonds is 5. The highest BCUT2D eigenvalue weighted by Gasteiger charge is 2.21. The third-order valence-electron chi connectivity index (χ3n) is 3.81. The summed E-state index contributed by atoms with van der Waals surface area (Å²) in [6.45, 7) is 5.02. The van der Waals surface area contributed by atoms with Crippen LogP contribution in [0.15, 0.2) is 23.2 Å². The molecule has 7 heteroatoms. The Morgan fingerprint density at radius 3 is 2.48 bits per heavy atom. The molecule has 1 aliphatic rings. The Morgan fingerprint density at radius 2 is 2.00 bits per heavy atom. The van der Waals surface area contributed by atoms with Crippen molar-refractivity contribution in [1.29, 1.82) is 0 Å². The molecule has 0 aliphatic carbocycles. The molecule has 21 heavy (non-hydrogen) atoms. The molecule has 6 nitrogen and oxygen atoms in total. The largest absolute Gasteiger partial charge is 0.357 e. The van der Waals surface area contributed by atoms with Gasteiger partial charge in [0.15, 0.2) is 0 Å². The molecule has 0 spiro atoms. The maximum absolute atomic E-state index is 12.0. The quantitative estimate of drug-likeness (QED) is 0.875. The van der Waals surface area contributed by atoms with Crippen molar-refractivity contribution in [2.45, 2.75) is 30.7 Å². The molecule has 0 radical (unpaired) electrons. The number of aromatic nitrogens is 1. The Bertz CT molecular complexity index is 549. The molecule has 0 saturated carbocycles.